The molecule has 0 unspecified atom stereocenters. The first-order valence-electron chi connectivity index (χ1n) is 7.54. The number of benzene rings is 1. The van der Waals surface area contributed by atoms with Gasteiger partial charge in [0, 0.05) is 10.6 Å². The van der Waals surface area contributed by atoms with Crippen LogP contribution in [-0.4, -0.2) is 17.6 Å². The van der Waals surface area contributed by atoms with Crippen LogP contribution in [0.15, 0.2) is 59.2 Å². The lowest BCUT2D eigenvalue weighted by molar-refractivity contribution is -0.136. The lowest BCUT2D eigenvalue weighted by atomic mass is 10.2. The summed E-state index contributed by atoms with van der Waals surface area (Å²) in [6.07, 6.45) is 1.42. The van der Waals surface area contributed by atoms with Crippen LogP contribution in [0, 0.1) is 5.82 Å². The Morgan fingerprint density at radius 1 is 1.04 bits per heavy atom. The van der Waals surface area contributed by atoms with E-state index < -0.39 is 17.6 Å². The van der Waals surface area contributed by atoms with Crippen LogP contribution in [0.2, 0.25) is 0 Å². The third-order valence-electron chi connectivity index (χ3n) is 3.34. The zero-order valence-corrected chi connectivity index (χ0v) is 14.1. The van der Waals surface area contributed by atoms with E-state index in [2.05, 4.69) is 10.6 Å². The smallest absolute Gasteiger partial charge is 0.313 e. The minimum atomic E-state index is -0.904. The number of carbonyl (C=O) groups excluding carboxylic acids is 3. The molecule has 3 rings (SSSR count). The topological polar surface area (TPSA) is 88.4 Å². The van der Waals surface area contributed by atoms with Gasteiger partial charge in [-0.2, -0.15) is 0 Å². The number of carbonyl (C=O) groups is 3. The Kier molecular flexibility index (Phi) is 5.23. The van der Waals surface area contributed by atoms with Gasteiger partial charge in [0.15, 0.2) is 5.76 Å². The molecule has 0 bridgehead atoms. The van der Waals surface area contributed by atoms with Crippen LogP contribution < -0.4 is 10.6 Å². The molecule has 3 aromatic rings. The first-order valence-corrected chi connectivity index (χ1v) is 8.36. The minimum Gasteiger partial charge on any atom is -0.461 e. The van der Waals surface area contributed by atoms with Crippen molar-refractivity contribution in [3.63, 3.8) is 0 Å². The molecule has 0 aliphatic rings. The van der Waals surface area contributed by atoms with Crippen molar-refractivity contribution in [3.05, 3.63) is 76.1 Å². The molecular formula is C18H13FN2O4S. The molecule has 0 radical (unpaired) electrons. The van der Waals surface area contributed by atoms with Crippen molar-refractivity contribution in [2.45, 2.75) is 6.54 Å². The summed E-state index contributed by atoms with van der Waals surface area (Å²) in [5, 5.41) is 4.76. The van der Waals surface area contributed by atoms with Crippen LogP contribution in [0.5, 0.6) is 0 Å². The van der Waals surface area contributed by atoms with E-state index in [0.29, 0.717) is 9.75 Å². The zero-order chi connectivity index (χ0) is 18.5. The molecule has 0 aliphatic heterocycles. The first-order chi connectivity index (χ1) is 12.5. The molecule has 132 valence electrons. The number of anilines is 1. The van der Waals surface area contributed by atoms with Gasteiger partial charge in [0.2, 0.25) is 5.78 Å². The zero-order valence-electron chi connectivity index (χ0n) is 13.3. The summed E-state index contributed by atoms with van der Waals surface area (Å²) in [6, 6.07) is 11.7. The summed E-state index contributed by atoms with van der Waals surface area (Å²) in [5.74, 6) is -2.30. The molecule has 0 atom stereocenters. The minimum absolute atomic E-state index is 0.0888. The van der Waals surface area contributed by atoms with Gasteiger partial charge in [0.1, 0.15) is 5.82 Å². The SMILES string of the molecule is O=C(NCc1ccc(C(=O)c2ccco2)s1)C(=O)Nc1cccc(F)c1. The molecule has 26 heavy (non-hydrogen) atoms. The van der Waals surface area contributed by atoms with Crippen molar-refractivity contribution >= 4 is 34.6 Å². The molecule has 2 N–H and O–H groups in total. The fraction of sp³-hybridized carbons (Fsp3) is 0.0556. The van der Waals surface area contributed by atoms with Crippen LogP contribution in [0.3, 0.4) is 0 Å². The second-order valence-corrected chi connectivity index (χ2v) is 6.39. The number of amides is 2. The standard InChI is InChI=1S/C18H13FN2O4S/c19-11-3-1-4-12(9-11)21-18(24)17(23)20-10-13-6-7-15(26-13)16(22)14-5-2-8-25-14/h1-9H,10H2,(H,20,23)(H,21,24). The highest BCUT2D eigenvalue weighted by Crippen LogP contribution is 2.20. The van der Waals surface area contributed by atoms with Gasteiger partial charge in [-0.1, -0.05) is 6.07 Å². The average molecular weight is 372 g/mol. The number of thiophene rings is 1. The van der Waals surface area contributed by atoms with Gasteiger partial charge in [0.05, 0.1) is 17.7 Å². The second kappa shape index (κ2) is 7.75. The highest BCUT2D eigenvalue weighted by Gasteiger charge is 2.16. The van der Waals surface area contributed by atoms with E-state index in [-0.39, 0.29) is 23.8 Å². The van der Waals surface area contributed by atoms with Crippen molar-refractivity contribution in [3.8, 4) is 0 Å². The van der Waals surface area contributed by atoms with E-state index in [4.69, 9.17) is 4.42 Å². The maximum Gasteiger partial charge on any atom is 0.313 e. The van der Waals surface area contributed by atoms with Crippen molar-refractivity contribution in [2.75, 3.05) is 5.32 Å². The Morgan fingerprint density at radius 2 is 1.88 bits per heavy atom. The number of ketones is 1. The largest absolute Gasteiger partial charge is 0.461 e. The van der Waals surface area contributed by atoms with E-state index in [1.165, 1.54) is 35.8 Å². The number of halogens is 1. The molecule has 6 nitrogen and oxygen atoms in total. The summed E-state index contributed by atoms with van der Waals surface area (Å²) < 4.78 is 18.1. The molecular weight excluding hydrogens is 359 g/mol. The quantitative estimate of drug-likeness (QED) is 0.532. The molecule has 2 amide bonds. The highest BCUT2D eigenvalue weighted by molar-refractivity contribution is 7.14. The number of rotatable bonds is 5. The second-order valence-electron chi connectivity index (χ2n) is 5.22. The summed E-state index contributed by atoms with van der Waals surface area (Å²) >= 11 is 1.19. The maximum absolute atomic E-state index is 13.1. The molecule has 0 fully saturated rings. The van der Waals surface area contributed by atoms with Crippen LogP contribution in [0.25, 0.3) is 0 Å². The normalized spacial score (nSPS) is 10.3. The summed E-state index contributed by atoms with van der Waals surface area (Å²) in [5.41, 5.74) is 0.188. The fourth-order valence-electron chi connectivity index (χ4n) is 2.13. The van der Waals surface area contributed by atoms with Crippen LogP contribution in [-0.2, 0) is 16.1 Å². The van der Waals surface area contributed by atoms with Gasteiger partial charge in [-0.25, -0.2) is 4.39 Å². The van der Waals surface area contributed by atoms with E-state index in [1.807, 2.05) is 0 Å². The monoisotopic (exact) mass is 372 g/mol. The van der Waals surface area contributed by atoms with Crippen molar-refractivity contribution in [1.82, 2.24) is 5.32 Å². The molecule has 0 aliphatic carbocycles. The number of furan rings is 1. The van der Waals surface area contributed by atoms with Crippen LogP contribution >= 0.6 is 11.3 Å². The number of nitrogens with one attached hydrogen (secondary N) is 2. The van der Waals surface area contributed by atoms with Crippen molar-refractivity contribution in [2.24, 2.45) is 0 Å². The number of hydrogen-bond acceptors (Lipinski definition) is 5. The van der Waals surface area contributed by atoms with Gasteiger partial charge in [-0.3, -0.25) is 14.4 Å². The first kappa shape index (κ1) is 17.6. The molecule has 1 aromatic carbocycles. The Hall–Kier alpha value is -3.26. The van der Waals surface area contributed by atoms with E-state index in [1.54, 1.807) is 24.3 Å². The average Bonchev–Trinajstić information content (AvgIpc) is 3.31. The van der Waals surface area contributed by atoms with Gasteiger partial charge >= 0.3 is 11.8 Å². The van der Waals surface area contributed by atoms with Gasteiger partial charge in [0.25, 0.3) is 0 Å². The third-order valence-corrected chi connectivity index (χ3v) is 4.43. The molecule has 0 spiro atoms. The van der Waals surface area contributed by atoms with Gasteiger partial charge in [-0.15, -0.1) is 11.3 Å². The van der Waals surface area contributed by atoms with Crippen molar-refractivity contribution < 1.29 is 23.2 Å². The van der Waals surface area contributed by atoms with Crippen LogP contribution in [0.1, 0.15) is 20.3 Å². The van der Waals surface area contributed by atoms with Crippen LogP contribution in [0.4, 0.5) is 10.1 Å². The molecule has 0 saturated heterocycles. The van der Waals surface area contributed by atoms with Gasteiger partial charge in [-0.05, 0) is 42.5 Å². The molecule has 0 saturated carbocycles. The summed E-state index contributed by atoms with van der Waals surface area (Å²) in [4.78, 5) is 36.9. The van der Waals surface area contributed by atoms with Crippen molar-refractivity contribution in [1.29, 1.82) is 0 Å². The lowest BCUT2D eigenvalue weighted by Gasteiger charge is -2.05. The van der Waals surface area contributed by atoms with Gasteiger partial charge < -0.3 is 15.1 Å². The van der Waals surface area contributed by atoms with E-state index in [0.717, 1.165) is 6.07 Å². The molecule has 8 heteroatoms. The summed E-state index contributed by atoms with van der Waals surface area (Å²) in [6.45, 7) is 0.0888. The predicted molar refractivity (Wildman–Crippen MR) is 93.3 cm³/mol. The predicted octanol–water partition coefficient (Wildman–Crippen LogP) is 2.97. The Bertz CT molecular complexity index is 950. The van der Waals surface area contributed by atoms with E-state index in [9.17, 15) is 18.8 Å². The van der Waals surface area contributed by atoms with E-state index >= 15 is 0 Å². The Morgan fingerprint density at radius 3 is 2.62 bits per heavy atom. The third kappa shape index (κ3) is 4.22. The Balaban J connectivity index is 1.54. The highest BCUT2D eigenvalue weighted by atomic mass is 32.1. The fourth-order valence-corrected chi connectivity index (χ4v) is 3.02. The Labute approximate surface area is 151 Å². The maximum atomic E-state index is 13.1. The number of hydrogen-bond donors (Lipinski definition) is 2. The summed E-state index contributed by atoms with van der Waals surface area (Å²) in [7, 11) is 0. The lowest BCUT2D eigenvalue weighted by Crippen LogP contribution is -2.34. The molecule has 2 aromatic heterocycles. The molecule has 2 heterocycles.